The number of nitrogens with one attached hydrogen (secondary N) is 2. The SMILES string of the molecule is CCC[C@H](C(=O)NO)[C@@H](CC(C)C)C(=O)NC(Cc1ccccc1)C(=O)OC(C)C. The normalized spacial score (nSPS) is 14.1. The number of carbonyl (C=O) groups is 3. The molecule has 0 bridgehead atoms. The minimum absolute atomic E-state index is 0.154. The molecule has 168 valence electrons. The molecule has 3 atom stereocenters. The fourth-order valence-electron chi connectivity index (χ4n) is 3.51. The molecule has 3 N–H and O–H groups in total. The Morgan fingerprint density at radius 3 is 2.13 bits per heavy atom. The number of ether oxygens (including phenoxy) is 1. The van der Waals surface area contributed by atoms with Gasteiger partial charge in [-0.1, -0.05) is 57.5 Å². The Labute approximate surface area is 179 Å². The van der Waals surface area contributed by atoms with E-state index < -0.39 is 29.8 Å². The summed E-state index contributed by atoms with van der Waals surface area (Å²) in [4.78, 5) is 38.1. The number of carbonyl (C=O) groups excluding carboxylic acids is 3. The molecule has 0 aromatic heterocycles. The summed E-state index contributed by atoms with van der Waals surface area (Å²) in [7, 11) is 0. The van der Waals surface area contributed by atoms with Crippen molar-refractivity contribution < 1.29 is 24.3 Å². The summed E-state index contributed by atoms with van der Waals surface area (Å²) < 4.78 is 5.35. The molecule has 0 spiro atoms. The third-order valence-corrected chi connectivity index (χ3v) is 4.83. The van der Waals surface area contributed by atoms with Crippen molar-refractivity contribution in [2.24, 2.45) is 17.8 Å². The number of rotatable bonds is 12. The predicted molar refractivity (Wildman–Crippen MR) is 115 cm³/mol. The molecule has 1 rings (SSSR count). The maximum atomic E-state index is 13.2. The smallest absolute Gasteiger partial charge is 0.329 e. The van der Waals surface area contributed by atoms with E-state index in [4.69, 9.17) is 9.94 Å². The minimum atomic E-state index is -0.864. The van der Waals surface area contributed by atoms with Crippen LogP contribution in [-0.2, 0) is 25.5 Å². The zero-order valence-electron chi connectivity index (χ0n) is 18.7. The van der Waals surface area contributed by atoms with Crippen LogP contribution in [-0.4, -0.2) is 35.1 Å². The van der Waals surface area contributed by atoms with E-state index >= 15 is 0 Å². The lowest BCUT2D eigenvalue weighted by molar-refractivity contribution is -0.152. The van der Waals surface area contributed by atoms with Crippen molar-refractivity contribution in [3.8, 4) is 0 Å². The molecule has 7 nitrogen and oxygen atoms in total. The Bertz CT molecular complexity index is 675. The van der Waals surface area contributed by atoms with Gasteiger partial charge in [0.1, 0.15) is 6.04 Å². The Morgan fingerprint density at radius 2 is 1.63 bits per heavy atom. The van der Waals surface area contributed by atoms with Gasteiger partial charge in [-0.15, -0.1) is 0 Å². The van der Waals surface area contributed by atoms with Gasteiger partial charge in [-0.3, -0.25) is 14.8 Å². The first kappa shape index (κ1) is 25.6. The lowest BCUT2D eigenvalue weighted by atomic mass is 9.81. The predicted octanol–water partition coefficient (Wildman–Crippen LogP) is 3.25. The molecular formula is C23H36N2O5. The van der Waals surface area contributed by atoms with E-state index in [9.17, 15) is 14.4 Å². The zero-order valence-corrected chi connectivity index (χ0v) is 18.7. The van der Waals surface area contributed by atoms with Gasteiger partial charge in [-0.05, 0) is 38.2 Å². The molecule has 0 aliphatic carbocycles. The van der Waals surface area contributed by atoms with Gasteiger partial charge in [-0.25, -0.2) is 10.3 Å². The minimum Gasteiger partial charge on any atom is -0.461 e. The van der Waals surface area contributed by atoms with Gasteiger partial charge >= 0.3 is 5.97 Å². The molecule has 0 saturated heterocycles. The molecule has 30 heavy (non-hydrogen) atoms. The quantitative estimate of drug-likeness (QED) is 0.273. The molecule has 7 heteroatoms. The molecule has 2 amide bonds. The van der Waals surface area contributed by atoms with E-state index in [2.05, 4.69) is 5.32 Å². The highest BCUT2D eigenvalue weighted by atomic mass is 16.5. The maximum Gasteiger partial charge on any atom is 0.329 e. The molecule has 0 heterocycles. The Kier molecular flexibility index (Phi) is 11.1. The third kappa shape index (κ3) is 8.53. The number of hydroxylamine groups is 1. The fourth-order valence-corrected chi connectivity index (χ4v) is 3.51. The summed E-state index contributed by atoms with van der Waals surface area (Å²) in [5.41, 5.74) is 2.58. The molecule has 0 aliphatic heterocycles. The van der Waals surface area contributed by atoms with Gasteiger partial charge in [0.25, 0.3) is 0 Å². The van der Waals surface area contributed by atoms with Crippen molar-refractivity contribution in [3.63, 3.8) is 0 Å². The summed E-state index contributed by atoms with van der Waals surface area (Å²) in [6, 6.07) is 8.51. The molecule has 0 aliphatic rings. The fraction of sp³-hybridized carbons (Fsp3) is 0.609. The van der Waals surface area contributed by atoms with Gasteiger partial charge in [0, 0.05) is 12.3 Å². The van der Waals surface area contributed by atoms with Crippen molar-refractivity contribution in [1.29, 1.82) is 0 Å². The van der Waals surface area contributed by atoms with Crippen molar-refractivity contribution >= 4 is 17.8 Å². The van der Waals surface area contributed by atoms with Crippen LogP contribution in [0.5, 0.6) is 0 Å². The molecule has 1 aromatic rings. The van der Waals surface area contributed by atoms with Gasteiger partial charge in [0.15, 0.2) is 0 Å². The van der Waals surface area contributed by atoms with Crippen LogP contribution in [0, 0.1) is 17.8 Å². The van der Waals surface area contributed by atoms with E-state index in [1.54, 1.807) is 19.3 Å². The van der Waals surface area contributed by atoms with Gasteiger partial charge < -0.3 is 10.1 Å². The van der Waals surface area contributed by atoms with Gasteiger partial charge in [0.05, 0.1) is 12.0 Å². The monoisotopic (exact) mass is 420 g/mol. The first-order valence-electron chi connectivity index (χ1n) is 10.7. The van der Waals surface area contributed by atoms with E-state index in [0.29, 0.717) is 19.3 Å². The number of esters is 1. The van der Waals surface area contributed by atoms with E-state index in [-0.39, 0.29) is 24.3 Å². The van der Waals surface area contributed by atoms with Crippen molar-refractivity contribution in [2.75, 3.05) is 0 Å². The highest BCUT2D eigenvalue weighted by molar-refractivity contribution is 5.90. The zero-order chi connectivity index (χ0) is 22.7. The third-order valence-electron chi connectivity index (χ3n) is 4.83. The average Bonchev–Trinajstić information content (AvgIpc) is 2.69. The van der Waals surface area contributed by atoms with Crippen LogP contribution in [0.25, 0.3) is 0 Å². The largest absolute Gasteiger partial charge is 0.461 e. The summed E-state index contributed by atoms with van der Waals surface area (Å²) in [6.45, 7) is 9.36. The summed E-state index contributed by atoms with van der Waals surface area (Å²) >= 11 is 0. The van der Waals surface area contributed by atoms with Crippen molar-refractivity contribution in [1.82, 2.24) is 10.8 Å². The molecule has 0 saturated carbocycles. The Hall–Kier alpha value is -2.41. The topological polar surface area (TPSA) is 105 Å². The number of benzene rings is 1. The molecular weight excluding hydrogens is 384 g/mol. The second-order valence-corrected chi connectivity index (χ2v) is 8.34. The standard InChI is InChI=1S/C23H36N2O5/c1-6-10-18(22(27)25-29)19(13-15(2)3)21(26)24-20(23(28)30-16(4)5)14-17-11-8-7-9-12-17/h7-9,11-12,15-16,18-20,29H,6,10,13-14H2,1-5H3,(H,24,26)(H,25,27)/t18-,19+,20?/m0/s1. The average molecular weight is 421 g/mol. The molecule has 0 radical (unpaired) electrons. The summed E-state index contributed by atoms with van der Waals surface area (Å²) in [5.74, 6) is -2.66. The van der Waals surface area contributed by atoms with Crippen LogP contribution in [0.2, 0.25) is 0 Å². The Morgan fingerprint density at radius 1 is 1.00 bits per heavy atom. The molecule has 0 fully saturated rings. The van der Waals surface area contributed by atoms with E-state index in [1.165, 1.54) is 0 Å². The van der Waals surface area contributed by atoms with Crippen LogP contribution in [0.1, 0.15) is 59.4 Å². The maximum absolute atomic E-state index is 13.2. The summed E-state index contributed by atoms with van der Waals surface area (Å²) in [5, 5.41) is 12.0. The van der Waals surface area contributed by atoms with E-state index in [1.807, 2.05) is 51.1 Å². The second kappa shape index (κ2) is 13.0. The van der Waals surface area contributed by atoms with Crippen LogP contribution < -0.4 is 10.8 Å². The number of hydrogen-bond donors (Lipinski definition) is 3. The van der Waals surface area contributed by atoms with Crippen LogP contribution >= 0.6 is 0 Å². The van der Waals surface area contributed by atoms with Crippen LogP contribution in [0.4, 0.5) is 0 Å². The first-order valence-corrected chi connectivity index (χ1v) is 10.7. The Balaban J connectivity index is 3.12. The lowest BCUT2D eigenvalue weighted by Crippen LogP contribution is -2.49. The van der Waals surface area contributed by atoms with Crippen molar-refractivity contribution in [3.05, 3.63) is 35.9 Å². The first-order chi connectivity index (χ1) is 14.2. The van der Waals surface area contributed by atoms with E-state index in [0.717, 1.165) is 5.56 Å². The number of hydrogen-bond acceptors (Lipinski definition) is 5. The van der Waals surface area contributed by atoms with Crippen LogP contribution in [0.3, 0.4) is 0 Å². The highest BCUT2D eigenvalue weighted by Crippen LogP contribution is 2.26. The van der Waals surface area contributed by atoms with Gasteiger partial charge in [0.2, 0.25) is 11.8 Å². The highest BCUT2D eigenvalue weighted by Gasteiger charge is 2.35. The van der Waals surface area contributed by atoms with Gasteiger partial charge in [-0.2, -0.15) is 0 Å². The number of amides is 2. The molecule has 1 aromatic carbocycles. The lowest BCUT2D eigenvalue weighted by Gasteiger charge is -2.28. The van der Waals surface area contributed by atoms with Crippen LogP contribution in [0.15, 0.2) is 30.3 Å². The molecule has 1 unspecified atom stereocenters. The summed E-state index contributed by atoms with van der Waals surface area (Å²) in [6.07, 6.45) is 1.57. The van der Waals surface area contributed by atoms with Crippen molar-refractivity contribution in [2.45, 2.75) is 72.4 Å². The second-order valence-electron chi connectivity index (χ2n) is 8.34.